The third kappa shape index (κ3) is 3.03. The normalized spacial score (nSPS) is 20.8. The van der Waals surface area contributed by atoms with E-state index in [0.717, 1.165) is 36.1 Å². The molecule has 3 heteroatoms. The van der Waals surface area contributed by atoms with Gasteiger partial charge in [0.1, 0.15) is 11.6 Å². The molecule has 2 rings (SSSR count). The summed E-state index contributed by atoms with van der Waals surface area (Å²) in [7, 11) is 0. The second kappa shape index (κ2) is 5.71. The molecule has 1 unspecified atom stereocenters. The number of nitriles is 1. The molecule has 1 aliphatic rings. The Morgan fingerprint density at radius 1 is 1.47 bits per heavy atom. The van der Waals surface area contributed by atoms with E-state index in [2.05, 4.69) is 18.3 Å². The van der Waals surface area contributed by atoms with Crippen molar-refractivity contribution in [2.45, 2.75) is 33.1 Å². The molecule has 1 amide bonds. The van der Waals surface area contributed by atoms with Crippen LogP contribution in [0.4, 0.5) is 5.69 Å². The molecular formula is C16H18N2O. The fraction of sp³-hybridized carbons (Fsp3) is 0.375. The number of hydrogen-bond donors (Lipinski definition) is 1. The Morgan fingerprint density at radius 3 is 2.84 bits per heavy atom. The van der Waals surface area contributed by atoms with Crippen molar-refractivity contribution in [3.05, 3.63) is 41.0 Å². The summed E-state index contributed by atoms with van der Waals surface area (Å²) in [6, 6.07) is 9.67. The Labute approximate surface area is 113 Å². The summed E-state index contributed by atoms with van der Waals surface area (Å²) in [5.41, 5.74) is 3.13. The van der Waals surface area contributed by atoms with E-state index in [4.69, 9.17) is 0 Å². The predicted molar refractivity (Wildman–Crippen MR) is 75.5 cm³/mol. The van der Waals surface area contributed by atoms with E-state index in [1.165, 1.54) is 0 Å². The highest BCUT2D eigenvalue weighted by Gasteiger charge is 2.24. The predicted octanol–water partition coefficient (Wildman–Crippen LogP) is 3.57. The summed E-state index contributed by atoms with van der Waals surface area (Å²) < 4.78 is 0. The maximum Gasteiger partial charge on any atom is 0.266 e. The number of rotatable bonds is 2. The number of nitrogens with zero attached hydrogens (tertiary/aromatic N) is 1. The van der Waals surface area contributed by atoms with Gasteiger partial charge in [0.25, 0.3) is 5.91 Å². The van der Waals surface area contributed by atoms with Crippen molar-refractivity contribution in [3.8, 4) is 6.07 Å². The Hall–Kier alpha value is -2.08. The van der Waals surface area contributed by atoms with Crippen molar-refractivity contribution >= 4 is 11.6 Å². The van der Waals surface area contributed by atoms with Gasteiger partial charge in [0.2, 0.25) is 0 Å². The first kappa shape index (κ1) is 13.4. The molecule has 1 aromatic rings. The summed E-state index contributed by atoms with van der Waals surface area (Å²) in [6.07, 6.45) is 3.00. The molecule has 1 N–H and O–H groups in total. The standard InChI is InChI=1S/C16H18N2O/c1-11-5-3-7-13(9-11)18-16(19)15(10-17)14-8-4-6-12(14)2/h3,5,7,9,12H,4,6,8H2,1-2H3,(H,18,19)/b15-14+. The van der Waals surface area contributed by atoms with Crippen LogP contribution in [-0.4, -0.2) is 5.91 Å². The van der Waals surface area contributed by atoms with Crippen molar-refractivity contribution in [3.63, 3.8) is 0 Å². The van der Waals surface area contributed by atoms with Crippen LogP contribution in [0.15, 0.2) is 35.4 Å². The van der Waals surface area contributed by atoms with Crippen molar-refractivity contribution in [1.82, 2.24) is 0 Å². The number of amides is 1. The van der Waals surface area contributed by atoms with E-state index >= 15 is 0 Å². The van der Waals surface area contributed by atoms with Crippen molar-refractivity contribution in [2.24, 2.45) is 5.92 Å². The Kier molecular flexibility index (Phi) is 4.01. The van der Waals surface area contributed by atoms with Gasteiger partial charge in [0.05, 0.1) is 0 Å². The summed E-state index contributed by atoms with van der Waals surface area (Å²) in [5, 5.41) is 12.1. The van der Waals surface area contributed by atoms with Gasteiger partial charge >= 0.3 is 0 Å². The third-order valence-corrected chi connectivity index (χ3v) is 3.61. The topological polar surface area (TPSA) is 52.9 Å². The lowest BCUT2D eigenvalue weighted by Crippen LogP contribution is -2.16. The number of carbonyl (C=O) groups is 1. The first-order chi connectivity index (χ1) is 9.11. The SMILES string of the molecule is Cc1cccc(NC(=O)/C(C#N)=C2\CCCC2C)c1. The number of carbonyl (C=O) groups excluding carboxylic acids is 1. The molecule has 0 spiro atoms. The summed E-state index contributed by atoms with van der Waals surface area (Å²) >= 11 is 0. The van der Waals surface area contributed by atoms with Crippen LogP contribution in [0.3, 0.4) is 0 Å². The summed E-state index contributed by atoms with van der Waals surface area (Å²) in [4.78, 5) is 12.2. The smallest absolute Gasteiger partial charge is 0.266 e. The van der Waals surface area contributed by atoms with Crippen LogP contribution in [-0.2, 0) is 4.79 Å². The van der Waals surface area contributed by atoms with Gasteiger partial charge in [-0.25, -0.2) is 0 Å². The molecule has 19 heavy (non-hydrogen) atoms. The zero-order valence-corrected chi connectivity index (χ0v) is 11.4. The van der Waals surface area contributed by atoms with Gasteiger partial charge in [-0.1, -0.05) is 19.1 Å². The quantitative estimate of drug-likeness (QED) is 0.648. The van der Waals surface area contributed by atoms with Crippen LogP contribution >= 0.6 is 0 Å². The van der Waals surface area contributed by atoms with Crippen LogP contribution in [0, 0.1) is 24.2 Å². The largest absolute Gasteiger partial charge is 0.321 e. The monoisotopic (exact) mass is 254 g/mol. The Morgan fingerprint density at radius 2 is 2.26 bits per heavy atom. The van der Waals surface area contributed by atoms with E-state index in [1.807, 2.05) is 31.2 Å². The van der Waals surface area contributed by atoms with Gasteiger partial charge in [-0.05, 0) is 55.4 Å². The van der Waals surface area contributed by atoms with E-state index in [1.54, 1.807) is 0 Å². The second-order valence-electron chi connectivity index (χ2n) is 5.13. The summed E-state index contributed by atoms with van der Waals surface area (Å²) in [5.74, 6) is 0.0646. The molecule has 1 saturated carbocycles. The Bertz CT molecular complexity index is 566. The molecule has 0 radical (unpaired) electrons. The van der Waals surface area contributed by atoms with Gasteiger partial charge in [0, 0.05) is 5.69 Å². The number of nitrogens with one attached hydrogen (secondary N) is 1. The minimum absolute atomic E-state index is 0.281. The average Bonchev–Trinajstić information content (AvgIpc) is 2.77. The lowest BCUT2D eigenvalue weighted by molar-refractivity contribution is -0.112. The van der Waals surface area contributed by atoms with Crippen LogP contribution < -0.4 is 5.32 Å². The molecule has 0 saturated heterocycles. The van der Waals surface area contributed by atoms with Gasteiger partial charge in [-0.3, -0.25) is 4.79 Å². The fourth-order valence-electron chi connectivity index (χ4n) is 2.58. The average molecular weight is 254 g/mol. The fourth-order valence-corrected chi connectivity index (χ4v) is 2.58. The molecule has 0 heterocycles. The number of allylic oxidation sites excluding steroid dienone is 1. The highest BCUT2D eigenvalue weighted by atomic mass is 16.1. The highest BCUT2D eigenvalue weighted by Crippen LogP contribution is 2.33. The molecule has 1 aromatic carbocycles. The molecule has 1 atom stereocenters. The van der Waals surface area contributed by atoms with E-state index in [0.29, 0.717) is 11.5 Å². The lowest BCUT2D eigenvalue weighted by atomic mass is 9.99. The van der Waals surface area contributed by atoms with Gasteiger partial charge in [-0.15, -0.1) is 0 Å². The van der Waals surface area contributed by atoms with Crippen molar-refractivity contribution in [1.29, 1.82) is 5.26 Å². The molecule has 0 aliphatic heterocycles. The lowest BCUT2D eigenvalue weighted by Gasteiger charge is -2.10. The first-order valence-electron chi connectivity index (χ1n) is 6.63. The minimum atomic E-state index is -0.281. The molecular weight excluding hydrogens is 236 g/mol. The molecule has 1 fully saturated rings. The summed E-state index contributed by atoms with van der Waals surface area (Å²) in [6.45, 7) is 4.05. The number of benzene rings is 1. The maximum absolute atomic E-state index is 12.2. The van der Waals surface area contributed by atoms with E-state index in [9.17, 15) is 10.1 Å². The van der Waals surface area contributed by atoms with Crippen LogP contribution in [0.25, 0.3) is 0 Å². The molecule has 0 bridgehead atoms. The van der Waals surface area contributed by atoms with Gasteiger partial charge in [0.15, 0.2) is 0 Å². The van der Waals surface area contributed by atoms with E-state index in [-0.39, 0.29) is 5.91 Å². The second-order valence-corrected chi connectivity index (χ2v) is 5.13. The molecule has 98 valence electrons. The first-order valence-corrected chi connectivity index (χ1v) is 6.63. The molecule has 0 aromatic heterocycles. The van der Waals surface area contributed by atoms with Crippen LogP contribution in [0.1, 0.15) is 31.7 Å². The third-order valence-electron chi connectivity index (χ3n) is 3.61. The van der Waals surface area contributed by atoms with Crippen molar-refractivity contribution in [2.75, 3.05) is 5.32 Å². The van der Waals surface area contributed by atoms with Gasteiger partial charge in [-0.2, -0.15) is 5.26 Å². The number of anilines is 1. The zero-order chi connectivity index (χ0) is 13.8. The number of aryl methyl sites for hydroxylation is 1. The van der Waals surface area contributed by atoms with Gasteiger partial charge < -0.3 is 5.32 Å². The van der Waals surface area contributed by atoms with E-state index < -0.39 is 0 Å². The highest BCUT2D eigenvalue weighted by molar-refractivity contribution is 6.07. The zero-order valence-electron chi connectivity index (χ0n) is 11.4. The minimum Gasteiger partial charge on any atom is -0.321 e. The maximum atomic E-state index is 12.2. The van der Waals surface area contributed by atoms with Crippen molar-refractivity contribution < 1.29 is 4.79 Å². The number of hydrogen-bond acceptors (Lipinski definition) is 2. The Balaban J connectivity index is 2.21. The van der Waals surface area contributed by atoms with Crippen LogP contribution in [0.2, 0.25) is 0 Å². The van der Waals surface area contributed by atoms with Crippen LogP contribution in [0.5, 0.6) is 0 Å². The molecule has 3 nitrogen and oxygen atoms in total. The molecule has 1 aliphatic carbocycles.